The van der Waals surface area contributed by atoms with Gasteiger partial charge in [-0.15, -0.1) is 10.2 Å². The maximum atomic E-state index is 10.4. The minimum Gasteiger partial charge on any atom is -0.549 e. The van der Waals surface area contributed by atoms with Crippen LogP contribution in [-0.2, 0) is 4.79 Å². The van der Waals surface area contributed by atoms with Gasteiger partial charge in [-0.3, -0.25) is 0 Å². The highest BCUT2D eigenvalue weighted by Crippen LogP contribution is 2.29. The maximum absolute atomic E-state index is 10.4. The predicted molar refractivity (Wildman–Crippen MR) is 73.0 cm³/mol. The molecule has 0 aliphatic carbocycles. The predicted octanol–water partition coefficient (Wildman–Crippen LogP) is 1.73. The lowest BCUT2D eigenvalue weighted by molar-refractivity contribution is -0.301. The van der Waals surface area contributed by atoms with Crippen molar-refractivity contribution in [2.45, 2.75) is 5.22 Å². The van der Waals surface area contributed by atoms with Crippen molar-refractivity contribution in [1.29, 1.82) is 0 Å². The molecule has 0 N–H and O–H groups in total. The molecule has 0 aliphatic heterocycles. The first kappa shape index (κ1) is 12.7. The molecule has 6 heteroatoms. The lowest BCUT2D eigenvalue weighted by Crippen LogP contribution is -2.24. The van der Waals surface area contributed by atoms with E-state index in [9.17, 15) is 9.90 Å². The summed E-state index contributed by atoms with van der Waals surface area (Å²) in [7, 11) is 0. The number of benzene rings is 2. The van der Waals surface area contributed by atoms with Crippen LogP contribution in [0.2, 0.25) is 0 Å². The van der Waals surface area contributed by atoms with E-state index in [-0.39, 0.29) is 11.0 Å². The summed E-state index contributed by atoms with van der Waals surface area (Å²) in [6.07, 6.45) is 0. The Labute approximate surface area is 118 Å². The van der Waals surface area contributed by atoms with Crippen LogP contribution >= 0.6 is 11.8 Å². The number of carbonyl (C=O) groups excluding carboxylic acids is 1. The quantitative estimate of drug-likeness (QED) is 0.679. The summed E-state index contributed by atoms with van der Waals surface area (Å²) >= 11 is 0.947. The molecule has 1 aromatic heterocycles. The average molecular weight is 285 g/mol. The Balaban J connectivity index is 1.97. The number of thioether (sulfide) groups is 1. The van der Waals surface area contributed by atoms with Crippen molar-refractivity contribution in [3.8, 4) is 11.5 Å². The number of carboxylic acid groups (broad SMARTS) is 1. The molecule has 3 rings (SSSR count). The first-order valence-electron chi connectivity index (χ1n) is 5.88. The van der Waals surface area contributed by atoms with E-state index in [4.69, 9.17) is 4.42 Å². The molecule has 0 saturated heterocycles. The molecule has 2 aromatic carbocycles. The zero-order chi connectivity index (χ0) is 13.9. The molecule has 0 aliphatic rings. The molecule has 1 heterocycles. The van der Waals surface area contributed by atoms with Gasteiger partial charge in [0.15, 0.2) is 0 Å². The van der Waals surface area contributed by atoms with Gasteiger partial charge in [-0.1, -0.05) is 48.2 Å². The summed E-state index contributed by atoms with van der Waals surface area (Å²) < 4.78 is 5.48. The molecule has 0 bridgehead atoms. The van der Waals surface area contributed by atoms with Crippen LogP contribution in [-0.4, -0.2) is 21.9 Å². The Morgan fingerprint density at radius 2 is 1.95 bits per heavy atom. The van der Waals surface area contributed by atoms with Crippen molar-refractivity contribution in [2.75, 3.05) is 5.75 Å². The van der Waals surface area contributed by atoms with Crippen LogP contribution in [0.1, 0.15) is 0 Å². The van der Waals surface area contributed by atoms with Crippen LogP contribution < -0.4 is 5.11 Å². The Kier molecular flexibility index (Phi) is 3.39. The number of aromatic nitrogens is 2. The molecule has 3 aromatic rings. The monoisotopic (exact) mass is 285 g/mol. The first-order chi connectivity index (χ1) is 9.74. The average Bonchev–Trinajstić information content (AvgIpc) is 2.93. The lowest BCUT2D eigenvalue weighted by atomic mass is 10.0. The zero-order valence-corrected chi connectivity index (χ0v) is 11.1. The number of nitrogens with zero attached hydrogens (tertiary/aromatic N) is 2. The summed E-state index contributed by atoms with van der Waals surface area (Å²) in [6.45, 7) is 0. The van der Waals surface area contributed by atoms with Gasteiger partial charge in [0.05, 0.1) is 5.97 Å². The van der Waals surface area contributed by atoms with Crippen molar-refractivity contribution in [3.05, 3.63) is 42.5 Å². The molecule has 0 atom stereocenters. The Morgan fingerprint density at radius 1 is 1.15 bits per heavy atom. The van der Waals surface area contributed by atoms with Crippen molar-refractivity contribution >= 4 is 28.5 Å². The third-order valence-electron chi connectivity index (χ3n) is 2.74. The molecule has 0 radical (unpaired) electrons. The number of hydrogen-bond donors (Lipinski definition) is 0. The molecule has 20 heavy (non-hydrogen) atoms. The van der Waals surface area contributed by atoms with E-state index in [1.54, 1.807) is 0 Å². The van der Waals surface area contributed by atoms with Gasteiger partial charge in [0.2, 0.25) is 5.89 Å². The van der Waals surface area contributed by atoms with Gasteiger partial charge in [0.25, 0.3) is 5.22 Å². The second-order valence-electron chi connectivity index (χ2n) is 4.06. The number of carboxylic acids is 1. The Hall–Kier alpha value is -2.34. The fourth-order valence-electron chi connectivity index (χ4n) is 1.91. The Bertz CT molecular complexity index is 764. The van der Waals surface area contributed by atoms with Crippen LogP contribution in [0.3, 0.4) is 0 Å². The van der Waals surface area contributed by atoms with Crippen LogP contribution in [0, 0.1) is 0 Å². The standard InChI is InChI=1S/C14H10N2O3S/c17-12(18)8-20-14-16-15-13(19-14)11-7-3-5-9-4-1-2-6-10(9)11/h1-7H,8H2,(H,17,18)/p-1. The van der Waals surface area contributed by atoms with Gasteiger partial charge in [-0.05, 0) is 16.8 Å². The minimum absolute atomic E-state index is 0.211. The molecule has 0 fully saturated rings. The molecule has 5 nitrogen and oxygen atoms in total. The van der Waals surface area contributed by atoms with Crippen LogP contribution in [0.15, 0.2) is 52.1 Å². The smallest absolute Gasteiger partial charge is 0.277 e. The number of carbonyl (C=O) groups is 1. The fourth-order valence-corrected chi connectivity index (χ4v) is 2.39. The summed E-state index contributed by atoms with van der Waals surface area (Å²) in [5.74, 6) is -1.00. The summed E-state index contributed by atoms with van der Waals surface area (Å²) in [4.78, 5) is 10.4. The van der Waals surface area contributed by atoms with Crippen molar-refractivity contribution in [1.82, 2.24) is 10.2 Å². The fraction of sp³-hybridized carbons (Fsp3) is 0.0714. The van der Waals surface area contributed by atoms with E-state index in [0.717, 1.165) is 28.1 Å². The van der Waals surface area contributed by atoms with E-state index >= 15 is 0 Å². The third-order valence-corrected chi connectivity index (χ3v) is 3.53. The highest BCUT2D eigenvalue weighted by Gasteiger charge is 2.11. The minimum atomic E-state index is -1.17. The van der Waals surface area contributed by atoms with Gasteiger partial charge in [0.1, 0.15) is 0 Å². The van der Waals surface area contributed by atoms with Crippen molar-refractivity contribution in [2.24, 2.45) is 0 Å². The molecule has 0 unspecified atom stereocenters. The highest BCUT2D eigenvalue weighted by atomic mass is 32.2. The first-order valence-corrected chi connectivity index (χ1v) is 6.87. The van der Waals surface area contributed by atoms with E-state index < -0.39 is 5.97 Å². The molecular weight excluding hydrogens is 276 g/mol. The largest absolute Gasteiger partial charge is 0.549 e. The molecular formula is C14H9N2O3S-. The van der Waals surface area contributed by atoms with E-state index in [1.165, 1.54) is 0 Å². The van der Waals surface area contributed by atoms with Crippen molar-refractivity contribution in [3.63, 3.8) is 0 Å². The summed E-state index contributed by atoms with van der Waals surface area (Å²) in [6, 6.07) is 13.7. The second kappa shape index (κ2) is 5.34. The number of hydrogen-bond acceptors (Lipinski definition) is 6. The van der Waals surface area contributed by atoms with Crippen LogP contribution in [0.25, 0.3) is 22.2 Å². The van der Waals surface area contributed by atoms with Gasteiger partial charge < -0.3 is 14.3 Å². The third kappa shape index (κ3) is 2.50. The molecule has 0 amide bonds. The van der Waals surface area contributed by atoms with Gasteiger partial charge in [-0.2, -0.15) is 0 Å². The number of rotatable bonds is 4. The van der Waals surface area contributed by atoms with Crippen LogP contribution in [0.4, 0.5) is 0 Å². The highest BCUT2D eigenvalue weighted by molar-refractivity contribution is 7.99. The number of fused-ring (bicyclic) bond motifs is 1. The van der Waals surface area contributed by atoms with Gasteiger partial charge in [0, 0.05) is 11.3 Å². The Morgan fingerprint density at radius 3 is 2.80 bits per heavy atom. The lowest BCUT2D eigenvalue weighted by Gasteiger charge is -2.01. The van der Waals surface area contributed by atoms with E-state index in [2.05, 4.69) is 10.2 Å². The van der Waals surface area contributed by atoms with Gasteiger partial charge >= 0.3 is 0 Å². The summed E-state index contributed by atoms with van der Waals surface area (Å²) in [5, 5.41) is 20.5. The normalized spacial score (nSPS) is 10.8. The van der Waals surface area contributed by atoms with Crippen LogP contribution in [0.5, 0.6) is 0 Å². The SMILES string of the molecule is O=C([O-])CSc1nnc(-c2cccc3ccccc23)o1. The summed E-state index contributed by atoms with van der Waals surface area (Å²) in [5.41, 5.74) is 0.830. The topological polar surface area (TPSA) is 79.0 Å². The van der Waals surface area contributed by atoms with Crippen molar-refractivity contribution < 1.29 is 14.3 Å². The number of aliphatic carboxylic acids is 1. The second-order valence-corrected chi connectivity index (χ2v) is 4.99. The van der Waals surface area contributed by atoms with E-state index in [1.807, 2.05) is 42.5 Å². The zero-order valence-electron chi connectivity index (χ0n) is 10.3. The molecule has 0 saturated carbocycles. The van der Waals surface area contributed by atoms with Gasteiger partial charge in [-0.25, -0.2) is 0 Å². The molecule has 100 valence electrons. The molecule has 0 spiro atoms. The van der Waals surface area contributed by atoms with E-state index in [0.29, 0.717) is 5.89 Å². The maximum Gasteiger partial charge on any atom is 0.277 e.